The van der Waals surface area contributed by atoms with Crippen molar-refractivity contribution in [2.75, 3.05) is 18.0 Å². The van der Waals surface area contributed by atoms with Crippen LogP contribution in [0.15, 0.2) is 18.5 Å². The van der Waals surface area contributed by atoms with Gasteiger partial charge in [-0.25, -0.2) is 9.50 Å². The molecule has 0 fully saturated rings. The molecule has 0 atom stereocenters. The van der Waals surface area contributed by atoms with Gasteiger partial charge in [-0.15, -0.1) is 0 Å². The molecule has 0 aromatic carbocycles. The van der Waals surface area contributed by atoms with Crippen LogP contribution in [0.4, 0.5) is 5.82 Å². The molecule has 0 bridgehead atoms. The van der Waals surface area contributed by atoms with Crippen LogP contribution in [-0.4, -0.2) is 33.7 Å². The van der Waals surface area contributed by atoms with E-state index >= 15 is 0 Å². The standard InChI is InChI=1S/C12H19N5/c1-9(2)16(6-4-13)12-11-8-10(3)15-17(11)7-5-14-12/h5,7-9H,4,6,13H2,1-3H3. The van der Waals surface area contributed by atoms with Crippen LogP contribution < -0.4 is 10.6 Å². The van der Waals surface area contributed by atoms with Crippen molar-refractivity contribution in [2.24, 2.45) is 5.73 Å². The van der Waals surface area contributed by atoms with Crippen LogP contribution in [0.2, 0.25) is 0 Å². The van der Waals surface area contributed by atoms with Gasteiger partial charge >= 0.3 is 0 Å². The molecular weight excluding hydrogens is 214 g/mol. The van der Waals surface area contributed by atoms with Crippen molar-refractivity contribution in [1.82, 2.24) is 14.6 Å². The van der Waals surface area contributed by atoms with Gasteiger partial charge in [0, 0.05) is 31.5 Å². The second-order valence-corrected chi connectivity index (χ2v) is 4.44. The number of aryl methyl sites for hydroxylation is 1. The van der Waals surface area contributed by atoms with Gasteiger partial charge in [0.25, 0.3) is 0 Å². The molecule has 2 heterocycles. The minimum absolute atomic E-state index is 0.368. The highest BCUT2D eigenvalue weighted by Gasteiger charge is 2.15. The molecule has 0 aliphatic rings. The first-order chi connectivity index (χ1) is 8.13. The third kappa shape index (κ3) is 2.24. The minimum Gasteiger partial charge on any atom is -0.351 e. The lowest BCUT2D eigenvalue weighted by atomic mass is 10.3. The SMILES string of the molecule is Cc1cc2c(N(CCN)C(C)C)nccn2n1. The Bertz CT molecular complexity index is 503. The molecule has 5 nitrogen and oxygen atoms in total. The van der Waals surface area contributed by atoms with E-state index in [9.17, 15) is 0 Å². The fraction of sp³-hybridized carbons (Fsp3) is 0.500. The molecule has 0 saturated heterocycles. The lowest BCUT2D eigenvalue weighted by Gasteiger charge is -2.27. The maximum absolute atomic E-state index is 5.66. The van der Waals surface area contributed by atoms with E-state index < -0.39 is 0 Å². The van der Waals surface area contributed by atoms with Gasteiger partial charge < -0.3 is 10.6 Å². The van der Waals surface area contributed by atoms with Crippen LogP contribution in [0.1, 0.15) is 19.5 Å². The molecule has 0 unspecified atom stereocenters. The van der Waals surface area contributed by atoms with Crippen LogP contribution in [0.25, 0.3) is 5.52 Å². The molecule has 92 valence electrons. The average molecular weight is 233 g/mol. The van der Waals surface area contributed by atoms with Gasteiger partial charge in [0.1, 0.15) is 5.52 Å². The van der Waals surface area contributed by atoms with Gasteiger partial charge in [-0.1, -0.05) is 0 Å². The molecule has 0 radical (unpaired) electrons. The van der Waals surface area contributed by atoms with Crippen molar-refractivity contribution in [2.45, 2.75) is 26.8 Å². The highest BCUT2D eigenvalue weighted by Crippen LogP contribution is 2.20. The number of nitrogens with two attached hydrogens (primary N) is 1. The molecule has 0 aliphatic carbocycles. The summed E-state index contributed by atoms with van der Waals surface area (Å²) in [5.74, 6) is 0.952. The minimum atomic E-state index is 0.368. The zero-order chi connectivity index (χ0) is 12.4. The Labute approximate surface area is 101 Å². The van der Waals surface area contributed by atoms with Crippen molar-refractivity contribution < 1.29 is 0 Å². The molecule has 0 amide bonds. The van der Waals surface area contributed by atoms with Gasteiger partial charge in [0.05, 0.1) is 5.69 Å². The molecule has 0 aliphatic heterocycles. The lowest BCUT2D eigenvalue weighted by molar-refractivity contribution is 0.674. The van der Waals surface area contributed by atoms with Crippen molar-refractivity contribution in [3.8, 4) is 0 Å². The summed E-state index contributed by atoms with van der Waals surface area (Å²) in [5, 5.41) is 4.39. The summed E-state index contributed by atoms with van der Waals surface area (Å²) in [6.07, 6.45) is 3.65. The molecule has 2 aromatic heterocycles. The van der Waals surface area contributed by atoms with Crippen molar-refractivity contribution in [3.05, 3.63) is 24.2 Å². The van der Waals surface area contributed by atoms with Gasteiger partial charge in [-0.3, -0.25) is 0 Å². The second kappa shape index (κ2) is 4.71. The van der Waals surface area contributed by atoms with Gasteiger partial charge in [0.15, 0.2) is 5.82 Å². The number of anilines is 1. The van der Waals surface area contributed by atoms with E-state index in [0.29, 0.717) is 12.6 Å². The maximum atomic E-state index is 5.66. The van der Waals surface area contributed by atoms with Crippen LogP contribution in [0, 0.1) is 6.92 Å². The topological polar surface area (TPSA) is 59.5 Å². The van der Waals surface area contributed by atoms with Crippen LogP contribution in [0.3, 0.4) is 0 Å². The van der Waals surface area contributed by atoms with Crippen molar-refractivity contribution in [3.63, 3.8) is 0 Å². The summed E-state index contributed by atoms with van der Waals surface area (Å²) in [4.78, 5) is 6.67. The number of hydrogen-bond donors (Lipinski definition) is 1. The number of fused-ring (bicyclic) bond motifs is 1. The normalized spacial score (nSPS) is 11.4. The van der Waals surface area contributed by atoms with Crippen LogP contribution in [-0.2, 0) is 0 Å². The zero-order valence-electron chi connectivity index (χ0n) is 10.6. The number of nitrogens with zero attached hydrogens (tertiary/aromatic N) is 4. The largest absolute Gasteiger partial charge is 0.351 e. The maximum Gasteiger partial charge on any atom is 0.154 e. The summed E-state index contributed by atoms with van der Waals surface area (Å²) >= 11 is 0. The smallest absolute Gasteiger partial charge is 0.154 e. The predicted molar refractivity (Wildman–Crippen MR) is 69.3 cm³/mol. The third-order valence-electron chi connectivity index (χ3n) is 2.76. The molecule has 17 heavy (non-hydrogen) atoms. The first kappa shape index (κ1) is 11.9. The predicted octanol–water partition coefficient (Wildman–Crippen LogP) is 1.21. The molecule has 2 aromatic rings. The monoisotopic (exact) mass is 233 g/mol. The van der Waals surface area contributed by atoms with E-state index in [0.717, 1.165) is 23.6 Å². The van der Waals surface area contributed by atoms with E-state index in [4.69, 9.17) is 5.73 Å². The first-order valence-corrected chi connectivity index (χ1v) is 5.91. The fourth-order valence-electron chi connectivity index (χ4n) is 2.00. The Balaban J connectivity index is 2.51. The molecule has 0 saturated carbocycles. The second-order valence-electron chi connectivity index (χ2n) is 4.44. The number of hydrogen-bond acceptors (Lipinski definition) is 4. The van der Waals surface area contributed by atoms with Crippen LogP contribution in [0.5, 0.6) is 0 Å². The van der Waals surface area contributed by atoms with Crippen molar-refractivity contribution >= 4 is 11.3 Å². The van der Waals surface area contributed by atoms with E-state index in [1.54, 1.807) is 6.20 Å². The van der Waals surface area contributed by atoms with Crippen molar-refractivity contribution in [1.29, 1.82) is 0 Å². The molecule has 2 rings (SSSR count). The molecule has 2 N–H and O–H groups in total. The summed E-state index contributed by atoms with van der Waals surface area (Å²) in [5.41, 5.74) is 7.69. The summed E-state index contributed by atoms with van der Waals surface area (Å²) in [6.45, 7) is 7.69. The lowest BCUT2D eigenvalue weighted by Crippen LogP contribution is -2.36. The zero-order valence-corrected chi connectivity index (χ0v) is 10.6. The fourth-order valence-corrected chi connectivity index (χ4v) is 2.00. The Morgan fingerprint density at radius 1 is 1.47 bits per heavy atom. The van der Waals surface area contributed by atoms with E-state index in [-0.39, 0.29) is 0 Å². The number of rotatable bonds is 4. The highest BCUT2D eigenvalue weighted by atomic mass is 15.3. The average Bonchev–Trinajstić information content (AvgIpc) is 2.65. The summed E-state index contributed by atoms with van der Waals surface area (Å²) in [6, 6.07) is 2.42. The Morgan fingerprint density at radius 2 is 2.24 bits per heavy atom. The molecule has 5 heteroatoms. The Hall–Kier alpha value is -1.62. The Kier molecular flexibility index (Phi) is 3.28. The van der Waals surface area contributed by atoms with Gasteiger partial charge in [0.2, 0.25) is 0 Å². The first-order valence-electron chi connectivity index (χ1n) is 5.91. The summed E-state index contributed by atoms with van der Waals surface area (Å²) < 4.78 is 1.86. The van der Waals surface area contributed by atoms with E-state index in [2.05, 4.69) is 28.8 Å². The van der Waals surface area contributed by atoms with Gasteiger partial charge in [-0.2, -0.15) is 5.10 Å². The van der Waals surface area contributed by atoms with Crippen LogP contribution >= 0.6 is 0 Å². The van der Waals surface area contributed by atoms with E-state index in [1.165, 1.54) is 0 Å². The third-order valence-corrected chi connectivity index (χ3v) is 2.76. The van der Waals surface area contributed by atoms with E-state index in [1.807, 2.05) is 23.7 Å². The van der Waals surface area contributed by atoms with Gasteiger partial charge in [-0.05, 0) is 26.8 Å². The highest BCUT2D eigenvalue weighted by molar-refractivity contribution is 5.69. The quantitative estimate of drug-likeness (QED) is 0.862. The summed E-state index contributed by atoms with van der Waals surface area (Å²) in [7, 11) is 0. The molecular formula is C12H19N5. The Morgan fingerprint density at radius 3 is 2.88 bits per heavy atom. The number of aromatic nitrogens is 3. The molecule has 0 spiro atoms.